The first-order chi connectivity index (χ1) is 16.5. The molecule has 0 aromatic heterocycles. The fraction of sp³-hybridized carbons (Fsp3) is 0.462. The molecule has 1 unspecified atom stereocenters. The molecule has 1 atom stereocenters. The van der Waals surface area contributed by atoms with Crippen molar-refractivity contribution in [1.82, 2.24) is 5.32 Å². The summed E-state index contributed by atoms with van der Waals surface area (Å²) in [4.78, 5) is 4.55. The Balaban J connectivity index is 0.00000281. The number of halogens is 3. The van der Waals surface area contributed by atoms with Gasteiger partial charge in [-0.15, -0.1) is 13.2 Å². The van der Waals surface area contributed by atoms with E-state index in [1.165, 1.54) is 7.11 Å². The van der Waals surface area contributed by atoms with Crippen molar-refractivity contribution in [2.24, 2.45) is 10.9 Å². The molecule has 8 heteroatoms. The summed E-state index contributed by atoms with van der Waals surface area (Å²) in [7, 11) is 1.54. The fourth-order valence-corrected chi connectivity index (χ4v) is 3.65. The Morgan fingerprint density at radius 2 is 2.06 bits per heavy atom. The maximum absolute atomic E-state index is 15.0. The molecule has 34 heavy (non-hydrogen) atoms. The molecule has 0 saturated heterocycles. The minimum absolute atomic E-state index is 0.00766. The van der Waals surface area contributed by atoms with Crippen LogP contribution in [0.5, 0.6) is 0 Å². The molecular weight excluding hydrogens is 523 g/mol. The zero-order chi connectivity index (χ0) is 25.3. The van der Waals surface area contributed by atoms with Crippen LogP contribution in [0.25, 0.3) is 0 Å². The molecule has 188 valence electrons. The summed E-state index contributed by atoms with van der Waals surface area (Å²) in [5, 5.41) is 4.65. The number of nitrogens with zero attached hydrogens (tertiary/aromatic N) is 1. The Bertz CT molecular complexity index is 886. The molecule has 0 amide bonds. The van der Waals surface area contributed by atoms with E-state index in [0.29, 0.717) is 61.3 Å². The third kappa shape index (κ3) is 10.1. The minimum Gasteiger partial charge on any atom is -0.492 e. The van der Waals surface area contributed by atoms with Crippen molar-refractivity contribution < 1.29 is 18.6 Å². The average Bonchev–Trinajstić information content (AvgIpc) is 3.02. The molecule has 0 saturated carbocycles. The van der Waals surface area contributed by atoms with Gasteiger partial charge in [0, 0.05) is 35.9 Å². The van der Waals surface area contributed by atoms with Gasteiger partial charge < -0.3 is 19.5 Å². The van der Waals surface area contributed by atoms with Crippen molar-refractivity contribution in [3.8, 4) is 0 Å². The molecule has 0 spiro atoms. The van der Waals surface area contributed by atoms with E-state index in [4.69, 9.17) is 25.8 Å². The van der Waals surface area contributed by atoms with Gasteiger partial charge >= 0.3 is 0 Å². The van der Waals surface area contributed by atoms with Crippen molar-refractivity contribution in [2.45, 2.75) is 33.1 Å². The van der Waals surface area contributed by atoms with Crippen molar-refractivity contribution in [1.29, 1.82) is 0 Å². The number of rotatable bonds is 11. The molecule has 0 aromatic carbocycles. The zero-order valence-electron chi connectivity index (χ0n) is 20.3. The third-order valence-electron chi connectivity index (χ3n) is 4.84. The highest BCUT2D eigenvalue weighted by Gasteiger charge is 2.21. The van der Waals surface area contributed by atoms with Crippen LogP contribution >= 0.6 is 27.5 Å². The Morgan fingerprint density at radius 3 is 2.74 bits per heavy atom. The van der Waals surface area contributed by atoms with E-state index >= 15 is 0 Å². The van der Waals surface area contributed by atoms with Crippen molar-refractivity contribution in [2.75, 3.05) is 38.8 Å². The van der Waals surface area contributed by atoms with Gasteiger partial charge in [0.25, 0.3) is 0 Å². The number of hydrogen-bond donors (Lipinski definition) is 1. The fourth-order valence-electron chi connectivity index (χ4n) is 3.29. The Labute approximate surface area is 216 Å². The lowest BCUT2D eigenvalue weighted by molar-refractivity contribution is 0.0798. The predicted molar refractivity (Wildman–Crippen MR) is 143 cm³/mol. The first-order valence-corrected chi connectivity index (χ1v) is 12.7. The molecule has 0 aromatic rings. The summed E-state index contributed by atoms with van der Waals surface area (Å²) in [6.45, 7) is 12.1. The number of methoxy groups -OCH3 is 1. The van der Waals surface area contributed by atoms with E-state index in [2.05, 4.69) is 58.1 Å². The molecule has 0 radical (unpaired) electrons. The second-order valence-electron chi connectivity index (χ2n) is 7.20. The van der Waals surface area contributed by atoms with Crippen LogP contribution in [0.15, 0.2) is 81.8 Å². The second-order valence-corrected chi connectivity index (χ2v) is 8.48. The van der Waals surface area contributed by atoms with Crippen LogP contribution in [0.2, 0.25) is 0 Å². The lowest BCUT2D eigenvalue weighted by Crippen LogP contribution is -2.23. The first-order valence-electron chi connectivity index (χ1n) is 11.2. The molecule has 0 bridgehead atoms. The highest BCUT2D eigenvalue weighted by molar-refractivity contribution is 9.09. The summed E-state index contributed by atoms with van der Waals surface area (Å²) in [5.74, 6) is 1.43. The molecule has 2 rings (SSSR count). The molecular formula is C26H35BrClFN2O3. The van der Waals surface area contributed by atoms with E-state index in [1.807, 2.05) is 6.92 Å². The van der Waals surface area contributed by atoms with Crippen LogP contribution < -0.4 is 5.32 Å². The first kappa shape index (κ1) is 30.0. The molecule has 1 N–H and O–H groups in total. The number of alkyl halides is 1. The van der Waals surface area contributed by atoms with Gasteiger partial charge in [-0.3, -0.25) is 4.99 Å². The van der Waals surface area contributed by atoms with Crippen LogP contribution in [0, 0.1) is 5.92 Å². The lowest BCUT2D eigenvalue weighted by Gasteiger charge is -2.20. The molecule has 2 aliphatic rings. The van der Waals surface area contributed by atoms with Gasteiger partial charge in [-0.05, 0) is 42.6 Å². The standard InChI is InChI=1S/C24H31BrClFN2O3.C2H4/c1-4-28-24-20(9-8-19(26)16-29-24)17(2)14-18-15-23(30-3)22(7-5-6-21(18)27)32-13-12-31-11-10-25;1-2/h5,9,15-17H,4,6,8,10-14H2,1-3H3,(H,28,29);1-2H2/b21-18+,23-15+;. The molecule has 1 aliphatic carbocycles. The highest BCUT2D eigenvalue weighted by atomic mass is 79.9. The maximum atomic E-state index is 15.0. The van der Waals surface area contributed by atoms with E-state index in [0.717, 1.165) is 16.7 Å². The Hall–Kier alpha value is -2.05. The quantitative estimate of drug-likeness (QED) is 0.131. The van der Waals surface area contributed by atoms with E-state index < -0.39 is 0 Å². The van der Waals surface area contributed by atoms with Gasteiger partial charge in [0.1, 0.15) is 18.3 Å². The molecule has 1 heterocycles. The zero-order valence-corrected chi connectivity index (χ0v) is 22.6. The van der Waals surface area contributed by atoms with Gasteiger partial charge in [0.05, 0.1) is 20.3 Å². The largest absolute Gasteiger partial charge is 0.492 e. The number of nitrogens with one attached hydrogen (secondary N) is 1. The van der Waals surface area contributed by atoms with Gasteiger partial charge in [-0.2, -0.15) is 0 Å². The summed E-state index contributed by atoms with van der Waals surface area (Å²) < 4.78 is 31.7. The third-order valence-corrected chi connectivity index (χ3v) is 5.42. The highest BCUT2D eigenvalue weighted by Crippen LogP contribution is 2.30. The minimum atomic E-state index is -0.217. The smallest absolute Gasteiger partial charge is 0.204 e. The van der Waals surface area contributed by atoms with E-state index in [9.17, 15) is 4.39 Å². The maximum Gasteiger partial charge on any atom is 0.204 e. The number of ether oxygens (including phenoxy) is 3. The predicted octanol–water partition coefficient (Wildman–Crippen LogP) is 6.86. The van der Waals surface area contributed by atoms with Crippen molar-refractivity contribution in [3.05, 3.63) is 76.8 Å². The van der Waals surface area contributed by atoms with Crippen LogP contribution in [0.1, 0.15) is 33.1 Å². The topological polar surface area (TPSA) is 52.1 Å². The number of hydrogen-bond acceptors (Lipinski definition) is 4. The number of aliphatic imine (C=N–C) groups is 1. The lowest BCUT2D eigenvalue weighted by atomic mass is 9.90. The van der Waals surface area contributed by atoms with Gasteiger partial charge in [-0.1, -0.05) is 46.3 Å². The SMILES string of the molecule is C=C.CCN=C1NC=C(Cl)CC=C1C(C)CC1=C(\F)CC=C=C(OCCOCCBr)/C(OC)=C\1. The monoisotopic (exact) mass is 556 g/mol. The van der Waals surface area contributed by atoms with Crippen molar-refractivity contribution in [3.63, 3.8) is 0 Å². The average molecular weight is 558 g/mol. The second kappa shape index (κ2) is 17.4. The number of amidine groups is 1. The molecule has 5 nitrogen and oxygen atoms in total. The van der Waals surface area contributed by atoms with Gasteiger partial charge in [-0.25, -0.2) is 4.39 Å². The summed E-state index contributed by atoms with van der Waals surface area (Å²) in [6, 6.07) is 0. The van der Waals surface area contributed by atoms with Crippen LogP contribution in [-0.4, -0.2) is 44.6 Å². The van der Waals surface area contributed by atoms with Crippen LogP contribution in [0.3, 0.4) is 0 Å². The Kier molecular flexibility index (Phi) is 15.3. The van der Waals surface area contributed by atoms with Gasteiger partial charge in [0.15, 0.2) is 5.76 Å². The summed E-state index contributed by atoms with van der Waals surface area (Å²) >= 11 is 9.51. The van der Waals surface area contributed by atoms with E-state index in [-0.39, 0.29) is 18.2 Å². The van der Waals surface area contributed by atoms with Crippen LogP contribution in [-0.2, 0) is 14.2 Å². The molecule has 0 fully saturated rings. The van der Waals surface area contributed by atoms with Crippen LogP contribution in [0.4, 0.5) is 4.39 Å². The normalized spacial score (nSPS) is 21.8. The van der Waals surface area contributed by atoms with Crippen molar-refractivity contribution >= 4 is 33.4 Å². The van der Waals surface area contributed by atoms with E-state index in [1.54, 1.807) is 18.4 Å². The number of allylic oxidation sites excluding steroid dienone is 5. The summed E-state index contributed by atoms with van der Waals surface area (Å²) in [5.41, 5.74) is 4.57. The molecule has 1 aliphatic heterocycles. The van der Waals surface area contributed by atoms with Gasteiger partial charge in [0.2, 0.25) is 5.76 Å². The Morgan fingerprint density at radius 1 is 1.29 bits per heavy atom. The summed E-state index contributed by atoms with van der Waals surface area (Å²) in [6.07, 6.45) is 8.37.